The molecule has 0 bridgehead atoms. The molecule has 10 heteroatoms. The highest BCUT2D eigenvalue weighted by Crippen LogP contribution is 2.36. The summed E-state index contributed by atoms with van der Waals surface area (Å²) in [6.07, 6.45) is 0. The Morgan fingerprint density at radius 2 is 2.07 bits per heavy atom. The van der Waals surface area contributed by atoms with E-state index in [1.54, 1.807) is 25.1 Å². The Balaban J connectivity index is 1.67. The normalized spacial score (nSPS) is 13.8. The van der Waals surface area contributed by atoms with Crippen molar-refractivity contribution >= 4 is 52.2 Å². The van der Waals surface area contributed by atoms with E-state index in [0.29, 0.717) is 17.1 Å². The smallest absolute Gasteiger partial charge is 0.269 e. The Bertz CT molecular complexity index is 920. The van der Waals surface area contributed by atoms with Crippen LogP contribution in [0.15, 0.2) is 41.3 Å². The zero-order valence-electron chi connectivity index (χ0n) is 14.0. The standard InChI is InChI=1S/C17H14ClN3O5S/c1-9(27-11-4-2-10(3-5-11)21(24)25)17(23)20-13-7-15-14(6-12(13)18)19-16(22)8-26-15/h2-7,9H,8H2,1H3,(H,19,22)(H,20,23). The molecule has 0 saturated carbocycles. The van der Waals surface area contributed by atoms with Crippen LogP contribution in [-0.4, -0.2) is 28.6 Å². The lowest BCUT2D eigenvalue weighted by Crippen LogP contribution is -2.26. The van der Waals surface area contributed by atoms with Gasteiger partial charge in [-0.25, -0.2) is 0 Å². The van der Waals surface area contributed by atoms with E-state index in [1.165, 1.54) is 30.0 Å². The fourth-order valence-corrected chi connectivity index (χ4v) is 3.41. The van der Waals surface area contributed by atoms with Gasteiger partial charge in [-0.1, -0.05) is 11.6 Å². The molecule has 1 atom stereocenters. The van der Waals surface area contributed by atoms with Crippen molar-refractivity contribution in [2.75, 3.05) is 17.2 Å². The summed E-state index contributed by atoms with van der Waals surface area (Å²) in [6, 6.07) is 9.03. The van der Waals surface area contributed by atoms with Gasteiger partial charge in [0, 0.05) is 23.1 Å². The second kappa shape index (κ2) is 7.85. The van der Waals surface area contributed by atoms with E-state index in [2.05, 4.69) is 10.6 Å². The van der Waals surface area contributed by atoms with Gasteiger partial charge in [-0.15, -0.1) is 11.8 Å². The van der Waals surface area contributed by atoms with Crippen LogP contribution in [0.3, 0.4) is 0 Å². The summed E-state index contributed by atoms with van der Waals surface area (Å²) in [4.78, 5) is 34.7. The first-order valence-corrected chi connectivity index (χ1v) is 9.07. The third kappa shape index (κ3) is 4.50. The molecule has 140 valence electrons. The largest absolute Gasteiger partial charge is 0.482 e. The van der Waals surface area contributed by atoms with Crippen molar-refractivity contribution in [1.29, 1.82) is 0 Å². The lowest BCUT2D eigenvalue weighted by molar-refractivity contribution is -0.384. The van der Waals surface area contributed by atoms with E-state index >= 15 is 0 Å². The van der Waals surface area contributed by atoms with E-state index in [9.17, 15) is 19.7 Å². The van der Waals surface area contributed by atoms with Gasteiger partial charge in [0.25, 0.3) is 11.6 Å². The lowest BCUT2D eigenvalue weighted by Gasteiger charge is -2.20. The molecule has 1 unspecified atom stereocenters. The molecule has 8 nitrogen and oxygen atoms in total. The summed E-state index contributed by atoms with van der Waals surface area (Å²) in [5, 5.41) is 15.8. The summed E-state index contributed by atoms with van der Waals surface area (Å²) in [5.41, 5.74) is 0.805. The molecule has 2 amide bonds. The van der Waals surface area contributed by atoms with Crippen molar-refractivity contribution in [3.05, 3.63) is 51.5 Å². The second-order valence-corrected chi connectivity index (χ2v) is 7.49. The number of hydrogen-bond donors (Lipinski definition) is 2. The van der Waals surface area contributed by atoms with E-state index in [-0.39, 0.29) is 29.1 Å². The number of fused-ring (bicyclic) bond motifs is 1. The number of nitrogens with zero attached hydrogens (tertiary/aromatic N) is 1. The quantitative estimate of drug-likeness (QED) is 0.444. The summed E-state index contributed by atoms with van der Waals surface area (Å²) >= 11 is 7.43. The number of benzene rings is 2. The number of halogens is 1. The highest BCUT2D eigenvalue weighted by Gasteiger charge is 2.21. The minimum absolute atomic E-state index is 0.00983. The third-order valence-corrected chi connectivity index (χ3v) is 5.11. The number of carbonyl (C=O) groups excluding carboxylic acids is 2. The maximum atomic E-state index is 12.5. The van der Waals surface area contributed by atoms with Crippen LogP contribution in [-0.2, 0) is 9.59 Å². The molecule has 1 aliphatic heterocycles. The summed E-state index contributed by atoms with van der Waals surface area (Å²) < 4.78 is 5.32. The van der Waals surface area contributed by atoms with Crippen LogP contribution in [0.25, 0.3) is 0 Å². The van der Waals surface area contributed by atoms with Crippen molar-refractivity contribution in [3.63, 3.8) is 0 Å². The van der Waals surface area contributed by atoms with Gasteiger partial charge in [-0.2, -0.15) is 0 Å². The number of nitro benzene ring substituents is 1. The van der Waals surface area contributed by atoms with E-state index in [4.69, 9.17) is 16.3 Å². The van der Waals surface area contributed by atoms with E-state index in [1.807, 2.05) is 0 Å². The van der Waals surface area contributed by atoms with E-state index < -0.39 is 10.2 Å². The molecule has 1 heterocycles. The number of thioether (sulfide) groups is 1. The Morgan fingerprint density at radius 3 is 2.74 bits per heavy atom. The number of carbonyl (C=O) groups is 2. The molecule has 2 N–H and O–H groups in total. The summed E-state index contributed by atoms with van der Waals surface area (Å²) in [7, 11) is 0. The monoisotopic (exact) mass is 407 g/mol. The first kappa shape index (κ1) is 19.0. The average Bonchev–Trinajstić information content (AvgIpc) is 2.62. The van der Waals surface area contributed by atoms with Gasteiger partial charge in [0.2, 0.25) is 5.91 Å². The van der Waals surface area contributed by atoms with Gasteiger partial charge < -0.3 is 15.4 Å². The summed E-state index contributed by atoms with van der Waals surface area (Å²) in [6.45, 7) is 1.61. The number of nitro groups is 1. The van der Waals surface area contributed by atoms with Crippen LogP contribution >= 0.6 is 23.4 Å². The number of rotatable bonds is 5. The first-order chi connectivity index (χ1) is 12.8. The number of hydrogen-bond acceptors (Lipinski definition) is 6. The van der Waals surface area contributed by atoms with Crippen molar-refractivity contribution < 1.29 is 19.2 Å². The van der Waals surface area contributed by atoms with Gasteiger partial charge in [0.05, 0.1) is 26.6 Å². The highest BCUT2D eigenvalue weighted by molar-refractivity contribution is 8.00. The van der Waals surface area contributed by atoms with Crippen LogP contribution in [0, 0.1) is 10.1 Å². The topological polar surface area (TPSA) is 111 Å². The number of ether oxygens (including phenoxy) is 1. The Morgan fingerprint density at radius 1 is 1.37 bits per heavy atom. The zero-order valence-corrected chi connectivity index (χ0v) is 15.6. The Kier molecular flexibility index (Phi) is 5.52. The minimum atomic E-state index is -0.479. The predicted molar refractivity (Wildman–Crippen MR) is 103 cm³/mol. The molecule has 0 aromatic heterocycles. The molecule has 1 aliphatic rings. The molecule has 0 fully saturated rings. The average molecular weight is 408 g/mol. The van der Waals surface area contributed by atoms with Crippen LogP contribution in [0.1, 0.15) is 6.92 Å². The second-order valence-electron chi connectivity index (χ2n) is 5.67. The van der Waals surface area contributed by atoms with Gasteiger partial charge >= 0.3 is 0 Å². The Hall–Kier alpha value is -2.78. The summed E-state index contributed by atoms with van der Waals surface area (Å²) in [5.74, 6) is -0.145. The number of nitrogens with one attached hydrogen (secondary N) is 2. The first-order valence-electron chi connectivity index (χ1n) is 7.81. The van der Waals surface area contributed by atoms with Crippen molar-refractivity contribution in [2.45, 2.75) is 17.1 Å². The lowest BCUT2D eigenvalue weighted by atomic mass is 10.2. The van der Waals surface area contributed by atoms with Crippen molar-refractivity contribution in [3.8, 4) is 5.75 Å². The van der Waals surface area contributed by atoms with Crippen LogP contribution in [0.5, 0.6) is 5.75 Å². The van der Waals surface area contributed by atoms with Gasteiger partial charge in [-0.3, -0.25) is 19.7 Å². The molecule has 0 spiro atoms. The number of amides is 2. The molecular formula is C17H14ClN3O5S. The Labute approximate surface area is 163 Å². The highest BCUT2D eigenvalue weighted by atomic mass is 35.5. The maximum absolute atomic E-state index is 12.5. The predicted octanol–water partition coefficient (Wildman–Crippen LogP) is 3.70. The number of anilines is 2. The van der Waals surface area contributed by atoms with Crippen molar-refractivity contribution in [2.24, 2.45) is 0 Å². The molecule has 27 heavy (non-hydrogen) atoms. The van der Waals surface area contributed by atoms with Crippen LogP contribution < -0.4 is 15.4 Å². The maximum Gasteiger partial charge on any atom is 0.269 e. The fraction of sp³-hybridized carbons (Fsp3) is 0.176. The molecule has 2 aromatic carbocycles. The minimum Gasteiger partial charge on any atom is -0.482 e. The van der Waals surface area contributed by atoms with Gasteiger partial charge in [0.15, 0.2) is 6.61 Å². The zero-order chi connectivity index (χ0) is 19.6. The van der Waals surface area contributed by atoms with Crippen LogP contribution in [0.2, 0.25) is 5.02 Å². The SMILES string of the molecule is CC(Sc1ccc([N+](=O)[O-])cc1)C(=O)Nc1cc2c(cc1Cl)NC(=O)CO2. The molecule has 0 saturated heterocycles. The van der Waals surface area contributed by atoms with Gasteiger partial charge in [0.1, 0.15) is 5.75 Å². The number of non-ortho nitro benzene ring substituents is 1. The third-order valence-electron chi connectivity index (χ3n) is 3.69. The van der Waals surface area contributed by atoms with Gasteiger partial charge in [-0.05, 0) is 25.1 Å². The molecule has 3 rings (SSSR count). The fourth-order valence-electron chi connectivity index (χ4n) is 2.33. The van der Waals surface area contributed by atoms with E-state index in [0.717, 1.165) is 4.90 Å². The van der Waals surface area contributed by atoms with Crippen molar-refractivity contribution in [1.82, 2.24) is 0 Å². The molecule has 2 aromatic rings. The van der Waals surface area contributed by atoms with Crippen LogP contribution in [0.4, 0.5) is 17.1 Å². The molecular weight excluding hydrogens is 394 g/mol. The molecule has 0 radical (unpaired) electrons. The molecule has 0 aliphatic carbocycles.